The number of hydrogen-bond acceptors (Lipinski definition) is 8. The molecule has 0 unspecified atom stereocenters. The molecule has 0 fully saturated rings. The monoisotopic (exact) mass is 404 g/mol. The summed E-state index contributed by atoms with van der Waals surface area (Å²) in [5, 5.41) is 13.4. The molecule has 0 aliphatic heterocycles. The molecule has 2 aromatic rings. The summed E-state index contributed by atoms with van der Waals surface area (Å²) in [4.78, 5) is 35.2. The quantitative estimate of drug-likeness (QED) is 0.404. The van der Waals surface area contributed by atoms with Gasteiger partial charge in [0.2, 0.25) is 5.75 Å². The molecular formula is C19H20N2O8. The summed E-state index contributed by atoms with van der Waals surface area (Å²) in [6.07, 6.45) is -1.22. The molecule has 0 aliphatic rings. The van der Waals surface area contributed by atoms with E-state index >= 15 is 0 Å². The molecule has 0 spiro atoms. The van der Waals surface area contributed by atoms with Crippen LogP contribution in [0.1, 0.15) is 17.3 Å². The van der Waals surface area contributed by atoms with Crippen LogP contribution in [0.2, 0.25) is 0 Å². The number of methoxy groups -OCH3 is 3. The number of carbonyl (C=O) groups excluding carboxylic acids is 2. The Labute approximate surface area is 166 Å². The van der Waals surface area contributed by atoms with Gasteiger partial charge < -0.3 is 24.3 Å². The maximum absolute atomic E-state index is 12.5. The van der Waals surface area contributed by atoms with E-state index in [2.05, 4.69) is 5.32 Å². The van der Waals surface area contributed by atoms with Gasteiger partial charge in [0.15, 0.2) is 17.6 Å². The van der Waals surface area contributed by atoms with Crippen LogP contribution >= 0.6 is 0 Å². The maximum Gasteiger partial charge on any atom is 0.339 e. The summed E-state index contributed by atoms with van der Waals surface area (Å²) < 4.78 is 20.7. The van der Waals surface area contributed by atoms with Crippen molar-refractivity contribution in [3.05, 3.63) is 52.1 Å². The number of esters is 1. The lowest BCUT2D eigenvalue weighted by molar-refractivity contribution is -0.383. The summed E-state index contributed by atoms with van der Waals surface area (Å²) in [5.74, 6) is -0.741. The number of hydrogen-bond donors (Lipinski definition) is 1. The van der Waals surface area contributed by atoms with E-state index in [1.54, 1.807) is 0 Å². The van der Waals surface area contributed by atoms with E-state index in [1.807, 2.05) is 0 Å². The van der Waals surface area contributed by atoms with Crippen molar-refractivity contribution < 1.29 is 33.5 Å². The van der Waals surface area contributed by atoms with Gasteiger partial charge in [-0.2, -0.15) is 0 Å². The molecule has 0 saturated heterocycles. The Morgan fingerprint density at radius 1 is 1.03 bits per heavy atom. The lowest BCUT2D eigenvalue weighted by Gasteiger charge is -2.16. The lowest BCUT2D eigenvalue weighted by atomic mass is 10.2. The summed E-state index contributed by atoms with van der Waals surface area (Å²) >= 11 is 0. The first-order valence-electron chi connectivity index (χ1n) is 8.37. The largest absolute Gasteiger partial charge is 0.493 e. The first kappa shape index (κ1) is 21.5. The number of amides is 1. The van der Waals surface area contributed by atoms with Gasteiger partial charge in [-0.3, -0.25) is 14.9 Å². The third-order valence-corrected chi connectivity index (χ3v) is 3.91. The van der Waals surface area contributed by atoms with Crippen molar-refractivity contribution in [2.45, 2.75) is 13.0 Å². The molecule has 10 heteroatoms. The fourth-order valence-electron chi connectivity index (χ4n) is 2.45. The number of carbonyl (C=O) groups is 2. The van der Waals surface area contributed by atoms with Gasteiger partial charge in [-0.05, 0) is 25.1 Å². The number of anilines is 1. The average Bonchev–Trinajstić information content (AvgIpc) is 2.72. The van der Waals surface area contributed by atoms with Gasteiger partial charge in [0.25, 0.3) is 11.6 Å². The van der Waals surface area contributed by atoms with Crippen molar-refractivity contribution in [3.8, 4) is 17.2 Å². The zero-order chi connectivity index (χ0) is 21.6. The number of nitro benzene ring substituents is 1. The van der Waals surface area contributed by atoms with Crippen molar-refractivity contribution in [3.63, 3.8) is 0 Å². The minimum Gasteiger partial charge on any atom is -0.493 e. The van der Waals surface area contributed by atoms with Crippen LogP contribution < -0.4 is 19.5 Å². The molecule has 0 aromatic heterocycles. The summed E-state index contributed by atoms with van der Waals surface area (Å²) in [6, 6.07) is 8.41. The fourth-order valence-corrected chi connectivity index (χ4v) is 2.45. The van der Waals surface area contributed by atoms with Crippen molar-refractivity contribution in [2.75, 3.05) is 26.6 Å². The Kier molecular flexibility index (Phi) is 6.96. The Morgan fingerprint density at radius 3 is 2.14 bits per heavy atom. The Balaban J connectivity index is 2.16. The van der Waals surface area contributed by atoms with Gasteiger partial charge in [-0.25, -0.2) is 4.79 Å². The number of nitro groups is 1. The van der Waals surface area contributed by atoms with Gasteiger partial charge >= 0.3 is 5.97 Å². The van der Waals surface area contributed by atoms with Gasteiger partial charge in [0.05, 0.1) is 31.8 Å². The van der Waals surface area contributed by atoms with Crippen molar-refractivity contribution in [1.82, 2.24) is 0 Å². The highest BCUT2D eigenvalue weighted by atomic mass is 16.6. The summed E-state index contributed by atoms with van der Waals surface area (Å²) in [5.41, 5.74) is -0.202. The topological polar surface area (TPSA) is 126 Å². The van der Waals surface area contributed by atoms with Gasteiger partial charge in [0.1, 0.15) is 5.69 Å². The average molecular weight is 404 g/mol. The highest BCUT2D eigenvalue weighted by Gasteiger charge is 2.24. The third-order valence-electron chi connectivity index (χ3n) is 3.91. The Morgan fingerprint density at radius 2 is 1.62 bits per heavy atom. The standard InChI is InChI=1S/C19H20N2O8/c1-11(18(22)20-13-7-5-6-8-14(13)21(24)25)29-19(23)12-9-15(26-2)17(28-4)16(10-12)27-3/h5-11H,1-4H3,(H,20,22)/t11-/m0/s1. The van der Waals surface area contributed by atoms with Crippen molar-refractivity contribution in [2.24, 2.45) is 0 Å². The Hall–Kier alpha value is -3.82. The predicted octanol–water partition coefficient (Wildman–Crippen LogP) is 2.80. The number of nitrogens with one attached hydrogen (secondary N) is 1. The fraction of sp³-hybridized carbons (Fsp3) is 0.263. The molecule has 1 amide bonds. The van der Waals surface area contributed by atoms with E-state index < -0.39 is 22.9 Å². The predicted molar refractivity (Wildman–Crippen MR) is 103 cm³/mol. The second kappa shape index (κ2) is 9.40. The highest BCUT2D eigenvalue weighted by Crippen LogP contribution is 2.38. The minimum absolute atomic E-state index is 0.00168. The van der Waals surface area contributed by atoms with Crippen molar-refractivity contribution in [1.29, 1.82) is 0 Å². The second-order valence-corrected chi connectivity index (χ2v) is 5.73. The number of para-hydroxylation sites is 2. The van der Waals surface area contributed by atoms with Gasteiger partial charge in [-0.1, -0.05) is 12.1 Å². The third kappa shape index (κ3) is 4.92. The first-order chi connectivity index (χ1) is 13.8. The van der Waals surface area contributed by atoms with Crippen LogP contribution in [0.15, 0.2) is 36.4 Å². The van der Waals surface area contributed by atoms with Crippen LogP contribution in [0.5, 0.6) is 17.2 Å². The van der Waals surface area contributed by atoms with Gasteiger partial charge in [-0.15, -0.1) is 0 Å². The Bertz CT molecular complexity index is 903. The number of ether oxygens (including phenoxy) is 4. The van der Waals surface area contributed by atoms with Crippen LogP contribution in [0.4, 0.5) is 11.4 Å². The zero-order valence-electron chi connectivity index (χ0n) is 16.3. The first-order valence-corrected chi connectivity index (χ1v) is 8.37. The molecule has 0 bridgehead atoms. The molecule has 0 radical (unpaired) electrons. The molecule has 154 valence electrons. The van der Waals surface area contributed by atoms with E-state index in [1.165, 1.54) is 64.7 Å². The van der Waals surface area contributed by atoms with E-state index in [0.29, 0.717) is 5.75 Å². The van der Waals surface area contributed by atoms with E-state index in [9.17, 15) is 19.7 Å². The molecule has 2 rings (SSSR count). The summed E-state index contributed by atoms with van der Waals surface area (Å²) in [7, 11) is 4.22. The number of nitrogens with zero attached hydrogens (tertiary/aromatic N) is 1. The van der Waals surface area contributed by atoms with Gasteiger partial charge in [0, 0.05) is 6.07 Å². The second-order valence-electron chi connectivity index (χ2n) is 5.73. The molecule has 1 N–H and O–H groups in total. The molecular weight excluding hydrogens is 384 g/mol. The molecule has 0 aliphatic carbocycles. The van der Waals surface area contributed by atoms with Crippen LogP contribution in [0.3, 0.4) is 0 Å². The molecule has 1 atom stereocenters. The SMILES string of the molecule is COc1cc(C(=O)O[C@@H](C)C(=O)Nc2ccccc2[N+](=O)[O-])cc(OC)c1OC. The van der Waals surface area contributed by atoms with E-state index in [-0.39, 0.29) is 28.4 Å². The van der Waals surface area contributed by atoms with Crippen molar-refractivity contribution >= 4 is 23.3 Å². The smallest absolute Gasteiger partial charge is 0.339 e. The normalized spacial score (nSPS) is 11.2. The lowest BCUT2D eigenvalue weighted by Crippen LogP contribution is -2.30. The van der Waals surface area contributed by atoms with E-state index in [0.717, 1.165) is 0 Å². The zero-order valence-corrected chi connectivity index (χ0v) is 16.3. The number of benzene rings is 2. The summed E-state index contributed by atoms with van der Waals surface area (Å²) in [6.45, 7) is 1.35. The highest BCUT2D eigenvalue weighted by molar-refractivity contribution is 5.99. The molecule has 2 aromatic carbocycles. The van der Waals surface area contributed by atoms with Crippen LogP contribution in [-0.2, 0) is 9.53 Å². The van der Waals surface area contributed by atoms with Crippen LogP contribution in [-0.4, -0.2) is 44.2 Å². The molecule has 10 nitrogen and oxygen atoms in total. The number of rotatable bonds is 8. The molecule has 0 saturated carbocycles. The van der Waals surface area contributed by atoms with Crippen LogP contribution in [0.25, 0.3) is 0 Å². The molecule has 0 heterocycles. The van der Waals surface area contributed by atoms with E-state index in [4.69, 9.17) is 18.9 Å². The maximum atomic E-state index is 12.5. The minimum atomic E-state index is -1.22. The van der Waals surface area contributed by atoms with Crippen LogP contribution in [0, 0.1) is 10.1 Å². The molecule has 29 heavy (non-hydrogen) atoms.